The van der Waals surface area contributed by atoms with Gasteiger partial charge in [-0.15, -0.1) is 0 Å². The number of nitrogens with two attached hydrogens (primary N) is 1. The maximum absolute atomic E-state index is 11.3. The van der Waals surface area contributed by atoms with Gasteiger partial charge in [-0.2, -0.15) is 0 Å². The fourth-order valence-corrected chi connectivity index (χ4v) is 2.26. The molecule has 4 N–H and O–H groups in total. The number of urea groups is 1. The summed E-state index contributed by atoms with van der Waals surface area (Å²) in [6.07, 6.45) is 0. The van der Waals surface area contributed by atoms with Gasteiger partial charge in [-0.3, -0.25) is 0 Å². The van der Waals surface area contributed by atoms with Crippen LogP contribution in [-0.2, 0) is 10.0 Å². The lowest BCUT2D eigenvalue weighted by Crippen LogP contribution is -2.38. The van der Waals surface area contributed by atoms with Crippen LogP contribution in [0.15, 0.2) is 29.2 Å². The zero-order valence-corrected chi connectivity index (χ0v) is 13.3. The van der Waals surface area contributed by atoms with Crippen molar-refractivity contribution >= 4 is 16.1 Å². The summed E-state index contributed by atoms with van der Waals surface area (Å²) in [4.78, 5) is 12.9. The van der Waals surface area contributed by atoms with Gasteiger partial charge in [-0.25, -0.2) is 18.4 Å². The molecule has 0 spiro atoms. The Morgan fingerprint density at radius 1 is 1.33 bits per heavy atom. The minimum Gasteiger partial charge on any atom is -0.337 e. The molecule has 0 radical (unpaired) electrons. The smallest absolute Gasteiger partial charge is 0.316 e. The molecule has 1 atom stereocenters. The number of primary sulfonamides is 1. The van der Waals surface area contributed by atoms with Crippen molar-refractivity contribution in [3.05, 3.63) is 29.8 Å². The van der Waals surface area contributed by atoms with E-state index in [1.165, 1.54) is 11.0 Å². The van der Waals surface area contributed by atoms with Gasteiger partial charge in [0, 0.05) is 33.2 Å². The number of carbonyl (C=O) groups is 1. The van der Waals surface area contributed by atoms with Crippen LogP contribution in [0, 0.1) is 0 Å². The van der Waals surface area contributed by atoms with Gasteiger partial charge in [0.1, 0.15) is 0 Å². The molecule has 1 aromatic carbocycles. The summed E-state index contributed by atoms with van der Waals surface area (Å²) >= 11 is 0. The molecule has 2 amide bonds. The fraction of sp³-hybridized carbons (Fsp3) is 0.462. The Morgan fingerprint density at radius 2 is 2.00 bits per heavy atom. The number of sulfonamides is 1. The first-order chi connectivity index (χ1) is 9.71. The van der Waals surface area contributed by atoms with Gasteiger partial charge in [-0.05, 0) is 24.6 Å². The number of nitrogens with one attached hydrogen (secondary N) is 2. The van der Waals surface area contributed by atoms with E-state index in [0.717, 1.165) is 5.56 Å². The molecule has 1 unspecified atom stereocenters. The van der Waals surface area contributed by atoms with E-state index in [-0.39, 0.29) is 17.0 Å². The third-order valence-corrected chi connectivity index (χ3v) is 3.86. The van der Waals surface area contributed by atoms with E-state index < -0.39 is 10.0 Å². The van der Waals surface area contributed by atoms with Crippen LogP contribution >= 0.6 is 0 Å². The highest BCUT2D eigenvalue weighted by Crippen LogP contribution is 2.16. The minimum atomic E-state index is -3.70. The molecule has 0 heterocycles. The number of hydrogen-bond acceptors (Lipinski definition) is 4. The number of amides is 2. The van der Waals surface area contributed by atoms with Crippen molar-refractivity contribution in [2.24, 2.45) is 5.14 Å². The Bertz CT molecular complexity index is 587. The first kappa shape index (κ1) is 17.4. The summed E-state index contributed by atoms with van der Waals surface area (Å²) in [5, 5.41) is 11.0. The van der Waals surface area contributed by atoms with E-state index in [9.17, 15) is 13.2 Å². The van der Waals surface area contributed by atoms with Gasteiger partial charge in [0.15, 0.2) is 0 Å². The number of rotatable bonds is 6. The standard InChI is InChI=1S/C13H22N4O3S/c1-10(15-7-8-16-13(18)17(2)3)11-5-4-6-12(9-11)21(14,19)20/h4-6,9-10,15H,7-8H2,1-3H3,(H,16,18)(H2,14,19,20). The molecule has 0 aromatic heterocycles. The molecule has 1 rings (SSSR count). The quantitative estimate of drug-likeness (QED) is 0.655. The second kappa shape index (κ2) is 7.39. The lowest BCUT2D eigenvalue weighted by atomic mass is 10.1. The first-order valence-corrected chi connectivity index (χ1v) is 8.07. The lowest BCUT2D eigenvalue weighted by Gasteiger charge is -2.16. The average Bonchev–Trinajstić information content (AvgIpc) is 2.42. The van der Waals surface area contributed by atoms with Crippen molar-refractivity contribution in [1.82, 2.24) is 15.5 Å². The number of carbonyl (C=O) groups excluding carboxylic acids is 1. The third-order valence-electron chi connectivity index (χ3n) is 2.94. The summed E-state index contributed by atoms with van der Waals surface area (Å²) in [6, 6.07) is 6.28. The predicted octanol–water partition coefficient (Wildman–Crippen LogP) is 0.256. The summed E-state index contributed by atoms with van der Waals surface area (Å²) in [5.41, 5.74) is 0.820. The molecule has 0 bridgehead atoms. The molecule has 1 aromatic rings. The summed E-state index contributed by atoms with van der Waals surface area (Å²) in [6.45, 7) is 2.96. The Labute approximate surface area is 125 Å². The van der Waals surface area contributed by atoms with E-state index in [1.54, 1.807) is 26.2 Å². The molecule has 21 heavy (non-hydrogen) atoms. The van der Waals surface area contributed by atoms with Crippen LogP contribution in [0.25, 0.3) is 0 Å². The molecular weight excluding hydrogens is 292 g/mol. The van der Waals surface area contributed by atoms with Gasteiger partial charge >= 0.3 is 6.03 Å². The maximum atomic E-state index is 11.3. The molecule has 0 aliphatic carbocycles. The molecule has 0 saturated carbocycles. The normalized spacial score (nSPS) is 12.8. The predicted molar refractivity (Wildman–Crippen MR) is 81.3 cm³/mol. The van der Waals surface area contributed by atoms with Gasteiger partial charge < -0.3 is 15.5 Å². The summed E-state index contributed by atoms with van der Waals surface area (Å²) in [5.74, 6) is 0. The SMILES string of the molecule is CC(NCCNC(=O)N(C)C)c1cccc(S(N)(=O)=O)c1. The average molecular weight is 314 g/mol. The second-order valence-electron chi connectivity index (χ2n) is 4.92. The monoisotopic (exact) mass is 314 g/mol. The van der Waals surface area contributed by atoms with Gasteiger partial charge in [-0.1, -0.05) is 12.1 Å². The Balaban J connectivity index is 2.53. The van der Waals surface area contributed by atoms with Crippen LogP contribution in [0.3, 0.4) is 0 Å². The Hall–Kier alpha value is -1.64. The van der Waals surface area contributed by atoms with E-state index in [1.807, 2.05) is 13.0 Å². The van der Waals surface area contributed by atoms with Crippen molar-refractivity contribution in [3.63, 3.8) is 0 Å². The number of nitrogens with zero attached hydrogens (tertiary/aromatic N) is 1. The largest absolute Gasteiger partial charge is 0.337 e. The van der Waals surface area contributed by atoms with Crippen LogP contribution in [0.5, 0.6) is 0 Å². The zero-order chi connectivity index (χ0) is 16.0. The number of hydrogen-bond donors (Lipinski definition) is 3. The van der Waals surface area contributed by atoms with E-state index >= 15 is 0 Å². The highest BCUT2D eigenvalue weighted by atomic mass is 32.2. The van der Waals surface area contributed by atoms with Crippen molar-refractivity contribution in [2.75, 3.05) is 27.2 Å². The number of benzene rings is 1. The topological polar surface area (TPSA) is 105 Å². The molecule has 7 nitrogen and oxygen atoms in total. The van der Waals surface area contributed by atoms with Crippen LogP contribution < -0.4 is 15.8 Å². The van der Waals surface area contributed by atoms with Gasteiger partial charge in [0.05, 0.1) is 4.90 Å². The maximum Gasteiger partial charge on any atom is 0.316 e. The van der Waals surface area contributed by atoms with Gasteiger partial charge in [0.2, 0.25) is 10.0 Å². The van der Waals surface area contributed by atoms with Crippen molar-refractivity contribution < 1.29 is 13.2 Å². The molecular formula is C13H22N4O3S. The molecule has 0 aliphatic heterocycles. The van der Waals surface area contributed by atoms with Crippen LogP contribution in [0.2, 0.25) is 0 Å². The molecule has 0 saturated heterocycles. The summed E-state index contributed by atoms with van der Waals surface area (Å²) in [7, 11) is -0.354. The molecule has 8 heteroatoms. The second-order valence-corrected chi connectivity index (χ2v) is 6.48. The van der Waals surface area contributed by atoms with E-state index in [4.69, 9.17) is 5.14 Å². The zero-order valence-electron chi connectivity index (χ0n) is 12.5. The van der Waals surface area contributed by atoms with Crippen molar-refractivity contribution in [1.29, 1.82) is 0 Å². The highest BCUT2D eigenvalue weighted by molar-refractivity contribution is 7.89. The van der Waals surface area contributed by atoms with Crippen molar-refractivity contribution in [2.45, 2.75) is 17.9 Å². The lowest BCUT2D eigenvalue weighted by molar-refractivity contribution is 0.217. The van der Waals surface area contributed by atoms with Crippen molar-refractivity contribution in [3.8, 4) is 0 Å². The minimum absolute atomic E-state index is 0.0528. The van der Waals surface area contributed by atoms with Gasteiger partial charge in [0.25, 0.3) is 0 Å². The van der Waals surface area contributed by atoms with Crippen LogP contribution in [0.4, 0.5) is 4.79 Å². The van der Waals surface area contributed by atoms with Crippen LogP contribution in [0.1, 0.15) is 18.5 Å². The molecule has 0 fully saturated rings. The Kier molecular flexibility index (Phi) is 6.13. The van der Waals surface area contributed by atoms with E-state index in [0.29, 0.717) is 13.1 Å². The third kappa shape index (κ3) is 5.70. The fourth-order valence-electron chi connectivity index (χ4n) is 1.69. The molecule has 118 valence electrons. The highest BCUT2D eigenvalue weighted by Gasteiger charge is 2.11. The van der Waals surface area contributed by atoms with Crippen LogP contribution in [-0.4, -0.2) is 46.5 Å². The first-order valence-electron chi connectivity index (χ1n) is 6.53. The summed E-state index contributed by atoms with van der Waals surface area (Å²) < 4.78 is 22.6. The molecule has 0 aliphatic rings. The Morgan fingerprint density at radius 3 is 2.57 bits per heavy atom. The van der Waals surface area contributed by atoms with E-state index in [2.05, 4.69) is 10.6 Å².